The fourth-order valence-electron chi connectivity index (χ4n) is 5.53. The first-order chi connectivity index (χ1) is 19.6. The topological polar surface area (TPSA) is 116 Å². The molecule has 14 heteroatoms. The van der Waals surface area contributed by atoms with Gasteiger partial charge in [-0.1, -0.05) is 0 Å². The standard InChI is InChI=1S/C27H39N5O6SSi2/c1-19-7-13-32(39(33,34)30-19)14-10-20-8-11-31(12-9-20)17-27(2,26(37-40-5)38-41-6)25-21-15-23(35-3)24(36-4)16-22(21)28-18-29-25/h7,13,15-16,18,20,26H,8-12,14,17H2,1-6H3. The number of rotatable bonds is 13. The highest BCUT2D eigenvalue weighted by Gasteiger charge is 2.42. The number of aromatic nitrogens is 2. The molecule has 1 atom stereocenters. The zero-order chi connectivity index (χ0) is 29.6. The highest BCUT2D eigenvalue weighted by Crippen LogP contribution is 2.39. The average Bonchev–Trinajstić information content (AvgIpc) is 2.95. The van der Waals surface area contributed by atoms with Gasteiger partial charge in [-0.05, 0) is 77.4 Å². The lowest BCUT2D eigenvalue weighted by atomic mass is 9.81. The molecule has 0 amide bonds. The van der Waals surface area contributed by atoms with E-state index < -0.39 is 21.9 Å². The monoisotopic (exact) mass is 617 g/mol. The van der Waals surface area contributed by atoms with Crippen LogP contribution in [0.4, 0.5) is 0 Å². The molecule has 1 saturated heterocycles. The van der Waals surface area contributed by atoms with Crippen molar-refractivity contribution in [2.45, 2.75) is 57.9 Å². The third kappa shape index (κ3) is 7.17. The number of hydrogen-bond acceptors (Lipinski definition) is 9. The highest BCUT2D eigenvalue weighted by atomic mass is 32.2. The minimum absolute atomic E-state index is 0.247. The Hall–Kier alpha value is -2.37. The molecule has 11 nitrogen and oxygen atoms in total. The van der Waals surface area contributed by atoms with Gasteiger partial charge in [0.1, 0.15) is 12.6 Å². The Labute approximate surface area is 248 Å². The van der Waals surface area contributed by atoms with E-state index in [-0.39, 0.29) is 19.5 Å². The van der Waals surface area contributed by atoms with Crippen LogP contribution in [0.5, 0.6) is 11.5 Å². The first-order valence-electron chi connectivity index (χ1n) is 13.7. The predicted octanol–water partition coefficient (Wildman–Crippen LogP) is 3.24. The summed E-state index contributed by atoms with van der Waals surface area (Å²) >= 11 is 0. The minimum Gasteiger partial charge on any atom is -0.493 e. The summed E-state index contributed by atoms with van der Waals surface area (Å²) < 4.78 is 53.5. The molecule has 4 rings (SSSR count). The van der Waals surface area contributed by atoms with Crippen LogP contribution < -0.4 is 9.47 Å². The molecule has 3 heterocycles. The summed E-state index contributed by atoms with van der Waals surface area (Å²) in [6, 6.07) is 3.80. The van der Waals surface area contributed by atoms with E-state index in [9.17, 15) is 8.42 Å². The van der Waals surface area contributed by atoms with Crippen molar-refractivity contribution in [2.24, 2.45) is 10.3 Å². The van der Waals surface area contributed by atoms with Gasteiger partial charge in [0.15, 0.2) is 11.5 Å². The van der Waals surface area contributed by atoms with Crippen molar-refractivity contribution in [2.75, 3.05) is 40.4 Å². The van der Waals surface area contributed by atoms with E-state index in [1.807, 2.05) is 25.2 Å². The van der Waals surface area contributed by atoms with Gasteiger partial charge in [0.05, 0.1) is 36.6 Å². The van der Waals surface area contributed by atoms with Crippen molar-refractivity contribution in [3.8, 4) is 11.5 Å². The molecular formula is C27H39N5O6SSi2. The van der Waals surface area contributed by atoms with Gasteiger partial charge < -0.3 is 23.2 Å². The van der Waals surface area contributed by atoms with E-state index in [0.717, 1.165) is 48.9 Å². The number of nitrogens with zero attached hydrogens (tertiary/aromatic N) is 5. The Bertz CT molecular complexity index is 1360. The molecule has 2 aliphatic heterocycles. The molecule has 0 N–H and O–H groups in total. The van der Waals surface area contributed by atoms with Crippen LogP contribution in [0.1, 0.15) is 38.8 Å². The number of piperidine rings is 1. The molecule has 2 aliphatic rings. The number of likely N-dealkylation sites (tertiary alicyclic amines) is 1. The molecular weight excluding hydrogens is 579 g/mol. The molecule has 1 aromatic carbocycles. The fourth-order valence-corrected chi connectivity index (χ4v) is 7.75. The molecule has 41 heavy (non-hydrogen) atoms. The maximum Gasteiger partial charge on any atom is 0.344 e. The van der Waals surface area contributed by atoms with E-state index in [1.165, 1.54) is 4.31 Å². The summed E-state index contributed by atoms with van der Waals surface area (Å²) in [5, 5.41) is 0.868. The zero-order valence-electron chi connectivity index (χ0n) is 24.6. The maximum absolute atomic E-state index is 12.4. The van der Waals surface area contributed by atoms with Crippen molar-refractivity contribution in [1.82, 2.24) is 19.2 Å². The quantitative estimate of drug-likeness (QED) is 0.247. The van der Waals surface area contributed by atoms with Gasteiger partial charge in [0, 0.05) is 30.7 Å². The number of hydrogen-bond donors (Lipinski definition) is 0. The number of methoxy groups -OCH3 is 2. The second-order valence-corrected chi connectivity index (χ2v) is 13.3. The van der Waals surface area contributed by atoms with Crippen LogP contribution in [0.3, 0.4) is 0 Å². The molecule has 4 radical (unpaired) electrons. The van der Waals surface area contributed by atoms with Crippen LogP contribution >= 0.6 is 0 Å². The smallest absolute Gasteiger partial charge is 0.344 e. The van der Waals surface area contributed by atoms with Crippen LogP contribution in [0.15, 0.2) is 35.1 Å². The van der Waals surface area contributed by atoms with Crippen LogP contribution in [-0.2, 0) is 24.5 Å². The first kappa shape index (κ1) is 31.6. The van der Waals surface area contributed by atoms with Gasteiger partial charge in [-0.25, -0.2) is 9.97 Å². The lowest BCUT2D eigenvalue weighted by Gasteiger charge is -2.43. The van der Waals surface area contributed by atoms with E-state index in [4.69, 9.17) is 23.3 Å². The van der Waals surface area contributed by atoms with E-state index in [1.54, 1.807) is 39.7 Å². The molecule has 0 bridgehead atoms. The largest absolute Gasteiger partial charge is 0.493 e. The fraction of sp³-hybridized carbons (Fsp3) is 0.593. The SMILES string of the molecule is COc1cc2ncnc(C(C)(CN3CCC(CCN4C=CC(C)=NS4(=O)=O)CC3)C(O[Si]C)O[Si]C)c2cc1OC. The van der Waals surface area contributed by atoms with Crippen LogP contribution in [0, 0.1) is 5.92 Å². The summed E-state index contributed by atoms with van der Waals surface area (Å²) in [6.07, 6.45) is 7.19. The lowest BCUT2D eigenvalue weighted by molar-refractivity contribution is -0.0640. The number of fused-ring (bicyclic) bond motifs is 1. The Morgan fingerprint density at radius 1 is 1.07 bits per heavy atom. The van der Waals surface area contributed by atoms with Gasteiger partial charge in [0.2, 0.25) is 19.5 Å². The van der Waals surface area contributed by atoms with Crippen molar-refractivity contribution >= 4 is 46.4 Å². The normalized spacial score (nSPS) is 19.4. The Balaban J connectivity index is 1.54. The van der Waals surface area contributed by atoms with Crippen LogP contribution in [-0.4, -0.2) is 99.5 Å². The maximum atomic E-state index is 12.4. The molecule has 0 saturated carbocycles. The first-order valence-corrected chi connectivity index (χ1v) is 17.9. The van der Waals surface area contributed by atoms with Crippen LogP contribution in [0.2, 0.25) is 13.1 Å². The Morgan fingerprint density at radius 3 is 2.34 bits per heavy atom. The number of benzene rings is 1. The summed E-state index contributed by atoms with van der Waals surface area (Å²) in [7, 11) is 0.103. The van der Waals surface area contributed by atoms with Gasteiger partial charge >= 0.3 is 10.2 Å². The molecule has 0 aliphatic carbocycles. The number of ether oxygens (including phenoxy) is 2. The van der Waals surface area contributed by atoms with Gasteiger partial charge in [-0.15, -0.1) is 0 Å². The van der Waals surface area contributed by atoms with Crippen molar-refractivity contribution in [3.05, 3.63) is 36.4 Å². The molecule has 1 aromatic heterocycles. The van der Waals surface area contributed by atoms with Crippen molar-refractivity contribution < 1.29 is 26.7 Å². The highest BCUT2D eigenvalue weighted by molar-refractivity contribution is 7.88. The van der Waals surface area contributed by atoms with Crippen molar-refractivity contribution in [1.29, 1.82) is 0 Å². The predicted molar refractivity (Wildman–Crippen MR) is 161 cm³/mol. The second kappa shape index (κ2) is 13.7. The van der Waals surface area contributed by atoms with Gasteiger partial charge in [-0.3, -0.25) is 4.31 Å². The Morgan fingerprint density at radius 2 is 1.73 bits per heavy atom. The molecule has 1 fully saturated rings. The summed E-state index contributed by atoms with van der Waals surface area (Å²) in [5.41, 5.74) is 1.49. The molecule has 222 valence electrons. The van der Waals surface area contributed by atoms with Gasteiger partial charge in [-0.2, -0.15) is 12.8 Å². The molecule has 0 spiro atoms. The summed E-state index contributed by atoms with van der Waals surface area (Å²) in [5.74, 6) is 1.65. The third-order valence-corrected chi connectivity index (χ3v) is 10.0. The lowest BCUT2D eigenvalue weighted by Crippen LogP contribution is -2.52. The van der Waals surface area contributed by atoms with E-state index in [0.29, 0.717) is 36.2 Å². The minimum atomic E-state index is -3.62. The molecule has 1 unspecified atom stereocenters. The van der Waals surface area contributed by atoms with Crippen LogP contribution in [0.25, 0.3) is 10.9 Å². The summed E-state index contributed by atoms with van der Waals surface area (Å²) in [6.45, 7) is 10.7. The van der Waals surface area contributed by atoms with E-state index >= 15 is 0 Å². The average molecular weight is 618 g/mol. The summed E-state index contributed by atoms with van der Waals surface area (Å²) in [4.78, 5) is 11.8. The second-order valence-electron chi connectivity index (χ2n) is 10.5. The number of allylic oxidation sites excluding steroid dienone is 1. The van der Waals surface area contributed by atoms with Crippen molar-refractivity contribution in [3.63, 3.8) is 0 Å². The zero-order valence-corrected chi connectivity index (χ0v) is 27.4. The molecule has 2 aromatic rings. The third-order valence-electron chi connectivity index (χ3n) is 7.71. The Kier molecular flexibility index (Phi) is 10.6. The van der Waals surface area contributed by atoms with E-state index in [2.05, 4.69) is 21.2 Å². The van der Waals surface area contributed by atoms with Gasteiger partial charge in [0.25, 0.3) is 0 Å².